The molecular formula is C11H15N3OS. The van der Waals surface area contributed by atoms with Gasteiger partial charge in [-0.3, -0.25) is 0 Å². The van der Waals surface area contributed by atoms with Crippen LogP contribution in [0.1, 0.15) is 37.4 Å². The number of nitrogens with zero attached hydrogens (tertiary/aromatic N) is 3. The van der Waals surface area contributed by atoms with Crippen molar-refractivity contribution < 1.29 is 5.11 Å². The molecule has 0 fully saturated rings. The number of aliphatic hydroxyl groups excluding tert-OH is 1. The minimum absolute atomic E-state index is 0.271. The summed E-state index contributed by atoms with van der Waals surface area (Å²) in [4.78, 5) is 4.18. The summed E-state index contributed by atoms with van der Waals surface area (Å²) in [6.45, 7) is 4.10. The Morgan fingerprint density at radius 1 is 1.50 bits per heavy atom. The van der Waals surface area contributed by atoms with E-state index in [-0.39, 0.29) is 6.04 Å². The number of aliphatic hydroxyl groups is 1. The van der Waals surface area contributed by atoms with Crippen LogP contribution < -0.4 is 0 Å². The van der Waals surface area contributed by atoms with E-state index in [4.69, 9.17) is 0 Å². The van der Waals surface area contributed by atoms with Gasteiger partial charge in [0, 0.05) is 12.5 Å². The van der Waals surface area contributed by atoms with Crippen LogP contribution in [0.15, 0.2) is 23.2 Å². The van der Waals surface area contributed by atoms with Crippen LogP contribution in [-0.4, -0.2) is 19.9 Å². The van der Waals surface area contributed by atoms with E-state index in [0.29, 0.717) is 6.42 Å². The third kappa shape index (κ3) is 2.31. The topological polar surface area (TPSA) is 50.9 Å². The Kier molecular flexibility index (Phi) is 3.36. The zero-order chi connectivity index (χ0) is 11.5. The quantitative estimate of drug-likeness (QED) is 0.887. The summed E-state index contributed by atoms with van der Waals surface area (Å²) in [6.07, 6.45) is 1.55. The van der Waals surface area contributed by atoms with E-state index in [1.165, 1.54) is 6.33 Å². The molecule has 0 radical (unpaired) electrons. The SMILES string of the molecule is CC(C)n1ncnc1CC(O)c1ccsc1. The fraction of sp³-hybridized carbons (Fsp3) is 0.455. The summed E-state index contributed by atoms with van der Waals surface area (Å²) in [5.41, 5.74) is 0.948. The lowest BCUT2D eigenvalue weighted by atomic mass is 10.1. The van der Waals surface area contributed by atoms with Crippen molar-refractivity contribution in [2.24, 2.45) is 0 Å². The van der Waals surface area contributed by atoms with Crippen molar-refractivity contribution in [3.8, 4) is 0 Å². The minimum atomic E-state index is -0.493. The second kappa shape index (κ2) is 4.76. The smallest absolute Gasteiger partial charge is 0.138 e. The van der Waals surface area contributed by atoms with Crippen LogP contribution >= 0.6 is 11.3 Å². The van der Waals surface area contributed by atoms with Gasteiger partial charge in [-0.05, 0) is 36.2 Å². The van der Waals surface area contributed by atoms with Crippen LogP contribution in [0, 0.1) is 0 Å². The fourth-order valence-corrected chi connectivity index (χ4v) is 2.31. The molecule has 5 heteroatoms. The van der Waals surface area contributed by atoms with Crippen LogP contribution in [0.3, 0.4) is 0 Å². The Hall–Kier alpha value is -1.20. The van der Waals surface area contributed by atoms with Gasteiger partial charge in [0.15, 0.2) is 0 Å². The van der Waals surface area contributed by atoms with Crippen molar-refractivity contribution in [3.63, 3.8) is 0 Å². The third-order valence-corrected chi connectivity index (χ3v) is 3.14. The van der Waals surface area contributed by atoms with E-state index < -0.39 is 6.10 Å². The lowest BCUT2D eigenvalue weighted by molar-refractivity contribution is 0.174. The Balaban J connectivity index is 2.12. The summed E-state index contributed by atoms with van der Waals surface area (Å²) in [7, 11) is 0. The molecule has 2 aromatic heterocycles. The van der Waals surface area contributed by atoms with Crippen molar-refractivity contribution in [3.05, 3.63) is 34.5 Å². The van der Waals surface area contributed by atoms with Gasteiger partial charge >= 0.3 is 0 Å². The first-order valence-corrected chi connectivity index (χ1v) is 6.21. The Morgan fingerprint density at radius 3 is 2.94 bits per heavy atom. The average molecular weight is 237 g/mol. The van der Waals surface area contributed by atoms with E-state index in [1.807, 2.05) is 21.5 Å². The molecule has 0 saturated heterocycles. The number of aromatic nitrogens is 3. The average Bonchev–Trinajstić information content (AvgIpc) is 2.86. The molecule has 0 bridgehead atoms. The van der Waals surface area contributed by atoms with Crippen molar-refractivity contribution in [2.75, 3.05) is 0 Å². The number of rotatable bonds is 4. The largest absolute Gasteiger partial charge is 0.388 e. The molecule has 2 aromatic rings. The van der Waals surface area contributed by atoms with E-state index in [9.17, 15) is 5.11 Å². The highest BCUT2D eigenvalue weighted by molar-refractivity contribution is 7.07. The highest BCUT2D eigenvalue weighted by Crippen LogP contribution is 2.20. The number of hydrogen-bond donors (Lipinski definition) is 1. The maximum absolute atomic E-state index is 10.0. The maximum atomic E-state index is 10.0. The molecule has 0 amide bonds. The number of thiophene rings is 1. The van der Waals surface area contributed by atoms with E-state index >= 15 is 0 Å². The fourth-order valence-electron chi connectivity index (χ4n) is 1.61. The second-order valence-electron chi connectivity index (χ2n) is 3.99. The lowest BCUT2D eigenvalue weighted by Gasteiger charge is -2.12. The van der Waals surface area contributed by atoms with Gasteiger partial charge in [-0.2, -0.15) is 16.4 Å². The van der Waals surface area contributed by atoms with E-state index in [0.717, 1.165) is 11.4 Å². The Morgan fingerprint density at radius 2 is 2.31 bits per heavy atom. The second-order valence-corrected chi connectivity index (χ2v) is 4.77. The molecule has 1 N–H and O–H groups in total. The molecule has 0 aromatic carbocycles. The standard InChI is InChI=1S/C11H15N3OS/c1-8(2)14-11(12-7-13-14)5-10(15)9-3-4-16-6-9/h3-4,6-8,10,15H,5H2,1-2H3. The van der Waals surface area contributed by atoms with Gasteiger partial charge in [0.1, 0.15) is 12.2 Å². The molecular weight excluding hydrogens is 222 g/mol. The van der Waals surface area contributed by atoms with Gasteiger partial charge in [-0.1, -0.05) is 0 Å². The minimum Gasteiger partial charge on any atom is -0.388 e. The zero-order valence-electron chi connectivity index (χ0n) is 9.37. The summed E-state index contributed by atoms with van der Waals surface area (Å²) in [5, 5.41) is 18.1. The van der Waals surface area contributed by atoms with Gasteiger partial charge in [-0.15, -0.1) is 0 Å². The monoisotopic (exact) mass is 237 g/mol. The Bertz CT molecular complexity index is 436. The summed E-state index contributed by atoms with van der Waals surface area (Å²) >= 11 is 1.59. The molecule has 0 aliphatic rings. The van der Waals surface area contributed by atoms with Crippen molar-refractivity contribution in [1.29, 1.82) is 0 Å². The molecule has 2 rings (SSSR count). The van der Waals surface area contributed by atoms with Gasteiger partial charge in [0.25, 0.3) is 0 Å². The molecule has 1 atom stereocenters. The van der Waals surface area contributed by atoms with Gasteiger partial charge in [-0.25, -0.2) is 9.67 Å². The first kappa shape index (κ1) is 11.3. The van der Waals surface area contributed by atoms with Crippen LogP contribution in [-0.2, 0) is 6.42 Å². The van der Waals surface area contributed by atoms with Crippen LogP contribution in [0.5, 0.6) is 0 Å². The third-order valence-electron chi connectivity index (χ3n) is 2.44. The van der Waals surface area contributed by atoms with Crippen LogP contribution in [0.25, 0.3) is 0 Å². The summed E-state index contributed by atoms with van der Waals surface area (Å²) in [6, 6.07) is 2.21. The van der Waals surface area contributed by atoms with Gasteiger partial charge in [0.2, 0.25) is 0 Å². The van der Waals surface area contributed by atoms with Gasteiger partial charge in [0.05, 0.1) is 6.10 Å². The first-order chi connectivity index (χ1) is 7.68. The zero-order valence-corrected chi connectivity index (χ0v) is 10.2. The first-order valence-electron chi connectivity index (χ1n) is 5.27. The highest BCUT2D eigenvalue weighted by atomic mass is 32.1. The Labute approximate surface area is 98.6 Å². The molecule has 0 saturated carbocycles. The predicted molar refractivity (Wildman–Crippen MR) is 63.4 cm³/mol. The van der Waals surface area contributed by atoms with Crippen LogP contribution in [0.4, 0.5) is 0 Å². The maximum Gasteiger partial charge on any atom is 0.138 e. The van der Waals surface area contributed by atoms with E-state index in [2.05, 4.69) is 23.9 Å². The molecule has 4 nitrogen and oxygen atoms in total. The molecule has 0 aliphatic heterocycles. The highest BCUT2D eigenvalue weighted by Gasteiger charge is 2.14. The molecule has 0 aliphatic carbocycles. The summed E-state index contributed by atoms with van der Waals surface area (Å²) < 4.78 is 1.84. The normalized spacial score (nSPS) is 13.2. The molecule has 2 heterocycles. The van der Waals surface area contributed by atoms with Gasteiger partial charge < -0.3 is 5.11 Å². The molecule has 1 unspecified atom stereocenters. The van der Waals surface area contributed by atoms with Crippen LogP contribution in [0.2, 0.25) is 0 Å². The number of hydrogen-bond acceptors (Lipinski definition) is 4. The summed E-state index contributed by atoms with van der Waals surface area (Å²) in [5.74, 6) is 0.828. The molecule has 16 heavy (non-hydrogen) atoms. The van der Waals surface area contributed by atoms with Crippen molar-refractivity contribution in [1.82, 2.24) is 14.8 Å². The lowest BCUT2D eigenvalue weighted by Crippen LogP contribution is -2.11. The van der Waals surface area contributed by atoms with E-state index in [1.54, 1.807) is 11.3 Å². The van der Waals surface area contributed by atoms with Crippen molar-refractivity contribution >= 4 is 11.3 Å². The van der Waals surface area contributed by atoms with Crippen molar-refractivity contribution in [2.45, 2.75) is 32.4 Å². The molecule has 86 valence electrons. The predicted octanol–water partition coefficient (Wildman–Crippen LogP) is 2.20. The molecule has 0 spiro atoms.